The van der Waals surface area contributed by atoms with Gasteiger partial charge in [-0.2, -0.15) is 0 Å². The molecule has 3 nitrogen and oxygen atoms in total. The van der Waals surface area contributed by atoms with E-state index in [0.29, 0.717) is 5.02 Å². The monoisotopic (exact) mass is 312 g/mol. The average Bonchev–Trinajstić information content (AvgIpc) is 2.49. The number of hydrogen-bond acceptors (Lipinski definition) is 3. The molecule has 1 aliphatic heterocycles. The summed E-state index contributed by atoms with van der Waals surface area (Å²) in [4.78, 5) is 17.8. The van der Waals surface area contributed by atoms with E-state index in [1.165, 1.54) is 0 Å². The third-order valence-corrected chi connectivity index (χ3v) is 5.23. The first-order valence-electron chi connectivity index (χ1n) is 7.04. The van der Waals surface area contributed by atoms with E-state index >= 15 is 0 Å². The molecule has 1 heterocycles. The number of nitrogens with zero attached hydrogens (tertiary/aromatic N) is 2. The van der Waals surface area contributed by atoms with E-state index in [0.717, 1.165) is 37.6 Å². The molecule has 0 radical (unpaired) electrons. The van der Waals surface area contributed by atoms with Gasteiger partial charge in [-0.25, -0.2) is 0 Å². The molecule has 1 unspecified atom stereocenters. The van der Waals surface area contributed by atoms with Crippen LogP contribution < -0.4 is 0 Å². The lowest BCUT2D eigenvalue weighted by molar-refractivity contribution is -0.132. The van der Waals surface area contributed by atoms with Gasteiger partial charge in [-0.3, -0.25) is 4.79 Å². The highest BCUT2D eigenvalue weighted by Gasteiger charge is 2.25. The highest BCUT2D eigenvalue weighted by Crippen LogP contribution is 2.30. The quantitative estimate of drug-likeness (QED) is 0.799. The Bertz CT molecular complexity index is 461. The summed E-state index contributed by atoms with van der Waals surface area (Å²) in [6.07, 6.45) is 0. The predicted molar refractivity (Wildman–Crippen MR) is 85.5 cm³/mol. The summed E-state index contributed by atoms with van der Waals surface area (Å²) in [5, 5.41) is 0.621. The minimum atomic E-state index is -0.0944. The number of amides is 1. The molecule has 1 saturated heterocycles. The summed E-state index contributed by atoms with van der Waals surface area (Å²) in [6, 6.07) is 7.68. The normalized spacial score (nSPS) is 18.1. The van der Waals surface area contributed by atoms with Crippen LogP contribution in [0.5, 0.6) is 0 Å². The van der Waals surface area contributed by atoms with Crippen LogP contribution in [-0.4, -0.2) is 53.7 Å². The number of rotatable bonds is 4. The Hall–Kier alpha value is -0.710. The van der Waals surface area contributed by atoms with Gasteiger partial charge in [-0.15, -0.1) is 11.8 Å². The molecule has 20 heavy (non-hydrogen) atoms. The SMILES string of the molecule is CCN1CCN(C(=O)C(C)Sc2ccccc2Cl)CC1. The van der Waals surface area contributed by atoms with Crippen LogP contribution in [0.3, 0.4) is 0 Å². The standard InChI is InChI=1S/C15H21ClN2OS/c1-3-17-8-10-18(11-9-17)15(19)12(2)20-14-7-5-4-6-13(14)16/h4-7,12H,3,8-11H2,1-2H3. The molecule has 110 valence electrons. The number of carbonyl (C=O) groups excluding carboxylic acids is 1. The summed E-state index contributed by atoms with van der Waals surface area (Å²) < 4.78 is 0. The van der Waals surface area contributed by atoms with E-state index in [1.54, 1.807) is 11.8 Å². The zero-order valence-corrected chi connectivity index (χ0v) is 13.6. The molecule has 0 N–H and O–H groups in total. The number of piperazine rings is 1. The van der Waals surface area contributed by atoms with Gasteiger partial charge in [0, 0.05) is 31.1 Å². The van der Waals surface area contributed by atoms with E-state index in [9.17, 15) is 4.79 Å². The number of thioether (sulfide) groups is 1. The molecule has 1 fully saturated rings. The van der Waals surface area contributed by atoms with E-state index in [-0.39, 0.29) is 11.2 Å². The second-order valence-electron chi connectivity index (χ2n) is 4.95. The van der Waals surface area contributed by atoms with Crippen molar-refractivity contribution in [2.24, 2.45) is 0 Å². The molecular formula is C15H21ClN2OS. The Morgan fingerprint density at radius 1 is 1.30 bits per heavy atom. The first kappa shape index (κ1) is 15.7. The van der Waals surface area contributed by atoms with Crippen LogP contribution in [0.25, 0.3) is 0 Å². The van der Waals surface area contributed by atoms with Gasteiger partial charge >= 0.3 is 0 Å². The summed E-state index contributed by atoms with van der Waals surface area (Å²) in [6.45, 7) is 8.81. The molecule has 1 amide bonds. The van der Waals surface area contributed by atoms with Crippen molar-refractivity contribution in [3.8, 4) is 0 Å². The third-order valence-electron chi connectivity index (χ3n) is 3.62. The molecule has 5 heteroatoms. The van der Waals surface area contributed by atoms with Crippen molar-refractivity contribution in [3.05, 3.63) is 29.3 Å². The fourth-order valence-corrected chi connectivity index (χ4v) is 3.56. The van der Waals surface area contributed by atoms with Gasteiger partial charge in [-0.05, 0) is 25.6 Å². The number of halogens is 1. The van der Waals surface area contributed by atoms with Gasteiger partial charge < -0.3 is 9.80 Å². The lowest BCUT2D eigenvalue weighted by Gasteiger charge is -2.35. The third kappa shape index (κ3) is 3.90. The molecule has 2 rings (SSSR count). The van der Waals surface area contributed by atoms with E-state index in [1.807, 2.05) is 36.1 Å². The minimum Gasteiger partial charge on any atom is -0.339 e. The van der Waals surface area contributed by atoms with E-state index < -0.39 is 0 Å². The van der Waals surface area contributed by atoms with Gasteiger partial charge in [0.1, 0.15) is 0 Å². The summed E-state index contributed by atoms with van der Waals surface area (Å²) >= 11 is 7.69. The maximum absolute atomic E-state index is 12.5. The molecule has 1 atom stereocenters. The highest BCUT2D eigenvalue weighted by atomic mass is 35.5. The minimum absolute atomic E-state index is 0.0944. The molecule has 0 aliphatic carbocycles. The topological polar surface area (TPSA) is 23.6 Å². The van der Waals surface area contributed by atoms with Crippen LogP contribution >= 0.6 is 23.4 Å². The van der Waals surface area contributed by atoms with Gasteiger partial charge in [-0.1, -0.05) is 30.7 Å². The van der Waals surface area contributed by atoms with Crippen molar-refractivity contribution in [1.29, 1.82) is 0 Å². The van der Waals surface area contributed by atoms with Crippen LogP contribution in [0, 0.1) is 0 Å². The Balaban J connectivity index is 1.91. The van der Waals surface area contributed by atoms with Crippen molar-refractivity contribution < 1.29 is 4.79 Å². The second kappa shape index (κ2) is 7.34. The van der Waals surface area contributed by atoms with E-state index in [4.69, 9.17) is 11.6 Å². The summed E-state index contributed by atoms with van der Waals surface area (Å²) in [5.41, 5.74) is 0. The van der Waals surface area contributed by atoms with Gasteiger partial charge in [0.05, 0.1) is 10.3 Å². The van der Waals surface area contributed by atoms with Crippen molar-refractivity contribution in [2.75, 3.05) is 32.7 Å². The fourth-order valence-electron chi connectivity index (χ4n) is 2.32. The molecule has 1 aromatic carbocycles. The summed E-state index contributed by atoms with van der Waals surface area (Å²) in [7, 11) is 0. The highest BCUT2D eigenvalue weighted by molar-refractivity contribution is 8.00. The van der Waals surface area contributed by atoms with Crippen LogP contribution in [-0.2, 0) is 4.79 Å². The maximum atomic E-state index is 12.5. The molecule has 1 aromatic rings. The van der Waals surface area contributed by atoms with Crippen molar-refractivity contribution in [2.45, 2.75) is 24.0 Å². The molecule has 0 aromatic heterocycles. The maximum Gasteiger partial charge on any atom is 0.235 e. The lowest BCUT2D eigenvalue weighted by Crippen LogP contribution is -2.50. The van der Waals surface area contributed by atoms with Gasteiger partial charge in [0.15, 0.2) is 0 Å². The Morgan fingerprint density at radius 2 is 1.95 bits per heavy atom. The van der Waals surface area contributed by atoms with Crippen LogP contribution in [0.1, 0.15) is 13.8 Å². The van der Waals surface area contributed by atoms with E-state index in [2.05, 4.69) is 11.8 Å². The van der Waals surface area contributed by atoms with Gasteiger partial charge in [0.2, 0.25) is 5.91 Å². The lowest BCUT2D eigenvalue weighted by atomic mass is 10.3. The Kier molecular flexibility index (Phi) is 5.75. The first-order valence-corrected chi connectivity index (χ1v) is 8.30. The van der Waals surface area contributed by atoms with Crippen molar-refractivity contribution in [1.82, 2.24) is 9.80 Å². The number of benzene rings is 1. The molecule has 0 bridgehead atoms. The largest absolute Gasteiger partial charge is 0.339 e. The Morgan fingerprint density at radius 3 is 2.55 bits per heavy atom. The van der Waals surface area contributed by atoms with Crippen molar-refractivity contribution >= 4 is 29.3 Å². The molecular weight excluding hydrogens is 292 g/mol. The predicted octanol–water partition coefficient (Wildman–Crippen LogP) is 2.98. The van der Waals surface area contributed by atoms with Gasteiger partial charge in [0.25, 0.3) is 0 Å². The first-order chi connectivity index (χ1) is 9.61. The zero-order chi connectivity index (χ0) is 14.5. The number of hydrogen-bond donors (Lipinski definition) is 0. The smallest absolute Gasteiger partial charge is 0.235 e. The number of carbonyl (C=O) groups is 1. The average molecular weight is 313 g/mol. The van der Waals surface area contributed by atoms with Crippen molar-refractivity contribution in [3.63, 3.8) is 0 Å². The molecule has 0 saturated carbocycles. The second-order valence-corrected chi connectivity index (χ2v) is 6.74. The molecule has 0 spiro atoms. The number of likely N-dealkylation sites (N-methyl/N-ethyl adjacent to an activating group) is 1. The Labute approximate surface area is 130 Å². The fraction of sp³-hybridized carbons (Fsp3) is 0.533. The van der Waals surface area contributed by atoms with Crippen LogP contribution in [0.15, 0.2) is 29.2 Å². The molecule has 1 aliphatic rings. The van der Waals surface area contributed by atoms with Crippen LogP contribution in [0.4, 0.5) is 0 Å². The van der Waals surface area contributed by atoms with Crippen LogP contribution in [0.2, 0.25) is 5.02 Å². The zero-order valence-electron chi connectivity index (χ0n) is 12.0. The summed E-state index contributed by atoms with van der Waals surface area (Å²) in [5.74, 6) is 0.214.